The van der Waals surface area contributed by atoms with Crippen LogP contribution in [0.25, 0.3) is 6.08 Å². The largest absolute Gasteiger partial charge is 0.487 e. The Balaban J connectivity index is 1.64. The van der Waals surface area contributed by atoms with Gasteiger partial charge in [0.2, 0.25) is 0 Å². The summed E-state index contributed by atoms with van der Waals surface area (Å²) in [6.07, 6.45) is 5.08. The quantitative estimate of drug-likeness (QED) is 0.868. The highest BCUT2D eigenvalue weighted by Gasteiger charge is 2.49. The Morgan fingerprint density at radius 3 is 2.38 bits per heavy atom. The maximum absolute atomic E-state index is 5.93. The first-order valence-corrected chi connectivity index (χ1v) is 7.61. The van der Waals surface area contributed by atoms with E-state index in [-0.39, 0.29) is 18.3 Å². The van der Waals surface area contributed by atoms with Crippen LogP contribution in [0.3, 0.4) is 0 Å². The van der Waals surface area contributed by atoms with Crippen LogP contribution in [0.1, 0.15) is 51.4 Å². The van der Waals surface area contributed by atoms with Crippen LogP contribution in [0, 0.1) is 0 Å². The van der Waals surface area contributed by atoms with Gasteiger partial charge in [0.1, 0.15) is 0 Å². The summed E-state index contributed by atoms with van der Waals surface area (Å²) in [5.74, 6) is 1.95. The summed E-state index contributed by atoms with van der Waals surface area (Å²) >= 11 is 0. The maximum Gasteiger partial charge on any atom is 0.487 e. The monoisotopic (exact) mass is 286 g/mol. The highest BCUT2D eigenvalue weighted by atomic mass is 16.7. The fourth-order valence-corrected chi connectivity index (χ4v) is 2.42. The van der Waals surface area contributed by atoms with Gasteiger partial charge in [-0.2, -0.15) is 0 Å². The van der Waals surface area contributed by atoms with Crippen molar-refractivity contribution < 1.29 is 9.31 Å². The first kappa shape index (κ1) is 14.8. The van der Waals surface area contributed by atoms with Crippen molar-refractivity contribution >= 4 is 13.2 Å². The second-order valence-electron chi connectivity index (χ2n) is 6.80. The molecule has 1 atom stereocenters. The van der Waals surface area contributed by atoms with Gasteiger partial charge in [-0.15, -0.1) is 0 Å². The molecule has 21 heavy (non-hydrogen) atoms. The number of hydrogen-bond donors (Lipinski definition) is 1. The van der Waals surface area contributed by atoms with Crippen molar-refractivity contribution in [2.24, 2.45) is 0 Å². The summed E-state index contributed by atoms with van der Waals surface area (Å²) in [5.41, 5.74) is 1.60. The third kappa shape index (κ3) is 2.91. The van der Waals surface area contributed by atoms with Gasteiger partial charge in [0.15, 0.2) is 0 Å². The van der Waals surface area contributed by atoms with E-state index in [9.17, 15) is 0 Å². The Morgan fingerprint density at radius 2 is 1.90 bits per heavy atom. The Hall–Kier alpha value is -1.17. The van der Waals surface area contributed by atoms with Gasteiger partial charge in [0, 0.05) is 6.20 Å². The Morgan fingerprint density at radius 1 is 1.24 bits per heavy atom. The van der Waals surface area contributed by atoms with Crippen molar-refractivity contribution in [2.45, 2.75) is 51.4 Å². The zero-order valence-corrected chi connectivity index (χ0v) is 13.2. The highest BCUT2D eigenvalue weighted by molar-refractivity contribution is 6.52. The lowest BCUT2D eigenvalue weighted by molar-refractivity contribution is 0.00578. The lowest BCUT2D eigenvalue weighted by Gasteiger charge is -2.32. The van der Waals surface area contributed by atoms with E-state index in [1.54, 1.807) is 0 Å². The molecule has 4 nitrogen and oxygen atoms in total. The van der Waals surface area contributed by atoms with Gasteiger partial charge in [0.25, 0.3) is 0 Å². The SMILES string of the molecule is CC1(C)OB(/C=C/c2ccc([C@H]3CCN3)nc2)OC1(C)C. The molecule has 0 saturated carbocycles. The molecule has 112 valence electrons. The summed E-state index contributed by atoms with van der Waals surface area (Å²) in [5, 5.41) is 3.36. The average molecular weight is 286 g/mol. The molecule has 1 aromatic heterocycles. The van der Waals surface area contributed by atoms with Crippen LogP contribution in [0.2, 0.25) is 0 Å². The van der Waals surface area contributed by atoms with Crippen LogP contribution < -0.4 is 5.32 Å². The van der Waals surface area contributed by atoms with E-state index in [1.807, 2.05) is 18.2 Å². The molecule has 3 heterocycles. The topological polar surface area (TPSA) is 43.4 Å². The summed E-state index contributed by atoms with van der Waals surface area (Å²) < 4.78 is 11.9. The zero-order chi connectivity index (χ0) is 15.1. The average Bonchev–Trinajstić information content (AvgIpc) is 2.55. The van der Waals surface area contributed by atoms with Crippen molar-refractivity contribution in [3.05, 3.63) is 35.6 Å². The standard InChI is InChI=1S/C16H23BN2O2/c1-15(2)16(3,4)21-17(20-15)9-7-12-5-6-13(19-11-12)14-8-10-18-14/h5-7,9,11,14,18H,8,10H2,1-4H3/b9-7+/t14-/m1/s1. The van der Waals surface area contributed by atoms with Crippen molar-refractivity contribution in [3.63, 3.8) is 0 Å². The van der Waals surface area contributed by atoms with Gasteiger partial charge in [-0.1, -0.05) is 18.1 Å². The summed E-state index contributed by atoms with van der Waals surface area (Å²) in [7, 11) is -0.303. The minimum Gasteiger partial charge on any atom is -0.400 e. The predicted octanol–water partition coefficient (Wildman–Crippen LogP) is 2.76. The summed E-state index contributed by atoms with van der Waals surface area (Å²) in [6.45, 7) is 9.33. The Kier molecular flexibility index (Phi) is 3.68. The third-order valence-corrected chi connectivity index (χ3v) is 4.71. The van der Waals surface area contributed by atoms with E-state index < -0.39 is 0 Å². The van der Waals surface area contributed by atoms with Crippen LogP contribution >= 0.6 is 0 Å². The number of nitrogens with zero attached hydrogens (tertiary/aromatic N) is 1. The van der Waals surface area contributed by atoms with E-state index in [4.69, 9.17) is 9.31 Å². The van der Waals surface area contributed by atoms with E-state index in [0.717, 1.165) is 17.8 Å². The van der Waals surface area contributed by atoms with E-state index in [0.29, 0.717) is 6.04 Å². The lowest BCUT2D eigenvalue weighted by atomic mass is 9.89. The molecular formula is C16H23BN2O2. The van der Waals surface area contributed by atoms with Gasteiger partial charge in [0.05, 0.1) is 22.9 Å². The van der Waals surface area contributed by atoms with Gasteiger partial charge >= 0.3 is 7.12 Å². The molecule has 2 fully saturated rings. The van der Waals surface area contributed by atoms with Gasteiger partial charge < -0.3 is 14.6 Å². The smallest absolute Gasteiger partial charge is 0.400 e. The van der Waals surface area contributed by atoms with Gasteiger partial charge in [-0.25, -0.2) is 0 Å². The number of hydrogen-bond acceptors (Lipinski definition) is 4. The molecule has 3 rings (SSSR count). The molecule has 2 saturated heterocycles. The molecule has 5 heteroatoms. The van der Waals surface area contributed by atoms with Crippen LogP contribution in [0.15, 0.2) is 24.3 Å². The maximum atomic E-state index is 5.93. The number of rotatable bonds is 3. The fraction of sp³-hybridized carbons (Fsp3) is 0.562. The predicted molar refractivity (Wildman–Crippen MR) is 84.7 cm³/mol. The molecule has 2 aliphatic rings. The van der Waals surface area contributed by atoms with Crippen molar-refractivity contribution in [1.82, 2.24) is 10.3 Å². The Labute approximate surface area is 127 Å². The molecule has 1 N–H and O–H groups in total. The Bertz CT molecular complexity index is 520. The lowest BCUT2D eigenvalue weighted by Crippen LogP contribution is -2.41. The summed E-state index contributed by atoms with van der Waals surface area (Å²) in [4.78, 5) is 4.51. The first-order chi connectivity index (χ1) is 9.87. The van der Waals surface area contributed by atoms with Crippen molar-refractivity contribution in [1.29, 1.82) is 0 Å². The second kappa shape index (κ2) is 5.23. The molecule has 0 amide bonds. The number of nitrogens with one attached hydrogen (secondary N) is 1. The van der Waals surface area contributed by atoms with Crippen molar-refractivity contribution in [2.75, 3.05) is 6.54 Å². The number of pyridine rings is 1. The molecule has 0 spiro atoms. The molecule has 0 bridgehead atoms. The van der Waals surface area contributed by atoms with Gasteiger partial charge in [-0.3, -0.25) is 4.98 Å². The van der Waals surface area contributed by atoms with Crippen LogP contribution in [-0.2, 0) is 9.31 Å². The summed E-state index contributed by atoms with van der Waals surface area (Å²) in [6, 6.07) is 4.61. The molecule has 2 aliphatic heterocycles. The highest BCUT2D eigenvalue weighted by Crippen LogP contribution is 2.37. The molecule has 0 aliphatic carbocycles. The van der Waals surface area contributed by atoms with E-state index >= 15 is 0 Å². The normalized spacial score (nSPS) is 27.0. The third-order valence-electron chi connectivity index (χ3n) is 4.71. The molecule has 0 aromatic carbocycles. The van der Waals surface area contributed by atoms with E-state index in [1.165, 1.54) is 6.42 Å². The fourth-order valence-electron chi connectivity index (χ4n) is 2.42. The minimum absolute atomic E-state index is 0.292. The van der Waals surface area contributed by atoms with Crippen LogP contribution in [0.4, 0.5) is 0 Å². The molecule has 0 unspecified atom stereocenters. The van der Waals surface area contributed by atoms with E-state index in [2.05, 4.69) is 50.1 Å². The minimum atomic E-state index is -0.303. The van der Waals surface area contributed by atoms with Gasteiger partial charge in [-0.05, 0) is 52.3 Å². The molecule has 0 radical (unpaired) electrons. The second-order valence-corrected chi connectivity index (χ2v) is 6.80. The first-order valence-electron chi connectivity index (χ1n) is 7.61. The zero-order valence-electron chi connectivity index (χ0n) is 13.2. The van der Waals surface area contributed by atoms with Crippen LogP contribution in [0.5, 0.6) is 0 Å². The number of aromatic nitrogens is 1. The van der Waals surface area contributed by atoms with Crippen LogP contribution in [-0.4, -0.2) is 29.8 Å². The molecular weight excluding hydrogens is 263 g/mol. The molecule has 1 aromatic rings. The van der Waals surface area contributed by atoms with Crippen molar-refractivity contribution in [3.8, 4) is 0 Å².